The van der Waals surface area contributed by atoms with Crippen molar-refractivity contribution in [2.24, 2.45) is 0 Å². The summed E-state index contributed by atoms with van der Waals surface area (Å²) in [7, 11) is 0. The highest BCUT2D eigenvalue weighted by Gasteiger charge is 2.33. The maximum Gasteiger partial charge on any atom is 0.416 e. The Labute approximate surface area is 193 Å². The Hall–Kier alpha value is -3.43. The number of aromatic amines is 1. The second kappa shape index (κ2) is 8.73. The summed E-state index contributed by atoms with van der Waals surface area (Å²) in [5.74, 6) is 0. The predicted octanol–water partition coefficient (Wildman–Crippen LogP) is 4.94. The van der Waals surface area contributed by atoms with E-state index in [-0.39, 0.29) is 18.6 Å². The fraction of sp³-hybridized carbons (Fsp3) is 0.280. The molecule has 0 aliphatic carbocycles. The number of rotatable bonds is 5. The second-order valence-corrected chi connectivity index (χ2v) is 8.27. The molecule has 6 nitrogen and oxygen atoms in total. The van der Waals surface area contributed by atoms with Crippen molar-refractivity contribution >= 4 is 11.2 Å². The molecule has 0 radical (unpaired) electrons. The van der Waals surface area contributed by atoms with Gasteiger partial charge in [-0.1, -0.05) is 18.2 Å². The summed E-state index contributed by atoms with van der Waals surface area (Å²) in [5.41, 5.74) is 5.24. The van der Waals surface area contributed by atoms with Crippen molar-refractivity contribution < 1.29 is 23.0 Å². The first-order valence-electron chi connectivity index (χ1n) is 10.9. The second-order valence-electron chi connectivity index (χ2n) is 8.27. The number of halogens is 3. The zero-order valence-electron chi connectivity index (χ0n) is 18.5. The summed E-state index contributed by atoms with van der Waals surface area (Å²) in [6, 6.07) is 6.20. The van der Waals surface area contributed by atoms with Gasteiger partial charge in [-0.25, -0.2) is 9.97 Å². The lowest BCUT2D eigenvalue weighted by atomic mass is 9.97. The van der Waals surface area contributed by atoms with Crippen LogP contribution in [-0.4, -0.2) is 37.7 Å². The van der Waals surface area contributed by atoms with Gasteiger partial charge in [0.2, 0.25) is 0 Å². The molecule has 0 bridgehead atoms. The highest BCUT2D eigenvalue weighted by Crippen LogP contribution is 2.35. The third-order valence-electron chi connectivity index (χ3n) is 6.27. The van der Waals surface area contributed by atoms with Crippen molar-refractivity contribution in [3.05, 3.63) is 82.7 Å². The van der Waals surface area contributed by atoms with Gasteiger partial charge in [0.25, 0.3) is 0 Å². The van der Waals surface area contributed by atoms with Gasteiger partial charge in [-0.15, -0.1) is 0 Å². The van der Waals surface area contributed by atoms with E-state index in [9.17, 15) is 18.3 Å². The monoisotopic (exact) mass is 468 g/mol. The summed E-state index contributed by atoms with van der Waals surface area (Å²) in [5, 5.41) is 10.1. The molecule has 0 saturated heterocycles. The number of ether oxygens (including phenoxy) is 1. The van der Waals surface area contributed by atoms with Gasteiger partial charge in [-0.3, -0.25) is 0 Å². The number of nitrogens with one attached hydrogen (secondary N) is 1. The largest absolute Gasteiger partial charge is 0.416 e. The van der Waals surface area contributed by atoms with E-state index in [0.717, 1.165) is 29.2 Å². The van der Waals surface area contributed by atoms with E-state index in [2.05, 4.69) is 15.0 Å². The minimum Gasteiger partial charge on any atom is -0.390 e. The van der Waals surface area contributed by atoms with Crippen LogP contribution >= 0.6 is 0 Å². The number of aromatic nitrogens is 4. The Bertz CT molecular complexity index is 1370. The normalized spacial score (nSPS) is 14.6. The Kier molecular flexibility index (Phi) is 5.75. The maximum atomic E-state index is 13.5. The topological polar surface area (TPSA) is 75.4 Å². The van der Waals surface area contributed by atoms with Gasteiger partial charge in [-0.05, 0) is 47.7 Å². The number of aliphatic hydroxyl groups excluding tert-OH is 1. The van der Waals surface area contributed by atoms with E-state index in [1.165, 1.54) is 13.0 Å². The molecule has 0 atom stereocenters. The lowest BCUT2D eigenvalue weighted by molar-refractivity contribution is -0.138. The number of H-pyrrole nitrogens is 1. The fourth-order valence-electron chi connectivity index (χ4n) is 4.48. The van der Waals surface area contributed by atoms with Gasteiger partial charge < -0.3 is 19.2 Å². The van der Waals surface area contributed by atoms with Crippen LogP contribution in [0.1, 0.15) is 40.1 Å². The minimum absolute atomic E-state index is 0.171. The van der Waals surface area contributed by atoms with Crippen molar-refractivity contribution in [3.8, 4) is 11.3 Å². The SMILES string of the molecule is Cc1c(Cc2c(CO)nc3c(-c4c[nH]cn4)cc(C4=CCOCC4)cn23)cccc1C(F)(F)F. The van der Waals surface area contributed by atoms with Gasteiger partial charge in [0.15, 0.2) is 0 Å². The molecule has 4 aromatic rings. The molecule has 5 rings (SSSR count). The van der Waals surface area contributed by atoms with E-state index < -0.39 is 11.7 Å². The number of aliphatic hydroxyl groups is 1. The molecule has 0 fully saturated rings. The van der Waals surface area contributed by atoms with Gasteiger partial charge in [0, 0.05) is 24.4 Å². The van der Waals surface area contributed by atoms with E-state index in [1.807, 2.05) is 22.7 Å². The molecule has 1 aromatic carbocycles. The van der Waals surface area contributed by atoms with Gasteiger partial charge >= 0.3 is 6.18 Å². The van der Waals surface area contributed by atoms with Crippen LogP contribution in [0.15, 0.2) is 49.1 Å². The predicted molar refractivity (Wildman–Crippen MR) is 121 cm³/mol. The first kappa shape index (κ1) is 22.4. The molecule has 1 aliphatic heterocycles. The van der Waals surface area contributed by atoms with Gasteiger partial charge in [0.1, 0.15) is 5.65 Å². The average molecular weight is 468 g/mol. The quantitative estimate of drug-likeness (QED) is 0.435. The molecule has 0 saturated carbocycles. The number of hydrogen-bond donors (Lipinski definition) is 2. The highest BCUT2D eigenvalue weighted by atomic mass is 19.4. The number of nitrogens with zero attached hydrogens (tertiary/aromatic N) is 3. The number of hydrogen-bond acceptors (Lipinski definition) is 4. The first-order chi connectivity index (χ1) is 16.4. The molecular weight excluding hydrogens is 445 g/mol. The number of fused-ring (bicyclic) bond motifs is 1. The van der Waals surface area contributed by atoms with Gasteiger partial charge in [0.05, 0.1) is 48.8 Å². The summed E-state index contributed by atoms with van der Waals surface area (Å²) in [6.45, 7) is 2.28. The Morgan fingerprint density at radius 3 is 2.79 bits per heavy atom. The van der Waals surface area contributed by atoms with Crippen molar-refractivity contribution in [1.29, 1.82) is 0 Å². The number of pyridine rings is 1. The van der Waals surface area contributed by atoms with Crippen LogP contribution in [0, 0.1) is 6.92 Å². The fourth-order valence-corrected chi connectivity index (χ4v) is 4.48. The average Bonchev–Trinajstić information content (AvgIpc) is 3.48. The van der Waals surface area contributed by atoms with E-state index in [0.29, 0.717) is 41.5 Å². The van der Waals surface area contributed by atoms with Crippen LogP contribution in [0.3, 0.4) is 0 Å². The van der Waals surface area contributed by atoms with Crippen molar-refractivity contribution in [3.63, 3.8) is 0 Å². The first-order valence-corrected chi connectivity index (χ1v) is 10.9. The van der Waals surface area contributed by atoms with Crippen molar-refractivity contribution in [2.45, 2.75) is 32.5 Å². The van der Waals surface area contributed by atoms with Crippen LogP contribution < -0.4 is 0 Å². The summed E-state index contributed by atoms with van der Waals surface area (Å²) in [4.78, 5) is 12.0. The van der Waals surface area contributed by atoms with Crippen LogP contribution in [0.2, 0.25) is 0 Å². The highest BCUT2D eigenvalue weighted by molar-refractivity contribution is 5.80. The van der Waals surface area contributed by atoms with Crippen LogP contribution in [0.4, 0.5) is 13.2 Å². The molecule has 3 aromatic heterocycles. The standard InChI is InChI=1S/C25H23F3N4O2/c1-15-17(3-2-4-20(15)25(26,27)28)10-23-22(13-33)31-24-19(21-11-29-14-30-21)9-18(12-32(23)24)16-5-7-34-8-6-16/h2-5,9,11-12,14,33H,6-8,10,13H2,1H3,(H,29,30). The molecule has 2 N–H and O–H groups in total. The Morgan fingerprint density at radius 1 is 1.26 bits per heavy atom. The summed E-state index contributed by atoms with van der Waals surface area (Å²) < 4.78 is 47.8. The summed E-state index contributed by atoms with van der Waals surface area (Å²) in [6.07, 6.45) is 3.81. The summed E-state index contributed by atoms with van der Waals surface area (Å²) >= 11 is 0. The third kappa shape index (κ3) is 4.01. The minimum atomic E-state index is -4.44. The lowest BCUT2D eigenvalue weighted by Gasteiger charge is -2.17. The number of imidazole rings is 2. The van der Waals surface area contributed by atoms with Crippen molar-refractivity contribution in [2.75, 3.05) is 13.2 Å². The molecule has 0 spiro atoms. The molecule has 34 heavy (non-hydrogen) atoms. The van der Waals surface area contributed by atoms with Crippen LogP contribution in [0.5, 0.6) is 0 Å². The maximum absolute atomic E-state index is 13.5. The van der Waals surface area contributed by atoms with E-state index >= 15 is 0 Å². The molecule has 176 valence electrons. The number of alkyl halides is 3. The molecule has 9 heteroatoms. The zero-order chi connectivity index (χ0) is 23.9. The third-order valence-corrected chi connectivity index (χ3v) is 6.27. The van der Waals surface area contributed by atoms with Crippen LogP contribution in [0.25, 0.3) is 22.5 Å². The van der Waals surface area contributed by atoms with E-state index in [4.69, 9.17) is 4.74 Å². The van der Waals surface area contributed by atoms with Crippen molar-refractivity contribution in [1.82, 2.24) is 19.4 Å². The molecule has 4 heterocycles. The Morgan fingerprint density at radius 2 is 2.12 bits per heavy atom. The Balaban J connectivity index is 1.71. The number of benzene rings is 1. The zero-order valence-corrected chi connectivity index (χ0v) is 18.5. The molecule has 1 aliphatic rings. The lowest BCUT2D eigenvalue weighted by Crippen LogP contribution is -2.10. The molecule has 0 unspecified atom stereocenters. The van der Waals surface area contributed by atoms with Gasteiger partial charge in [-0.2, -0.15) is 13.2 Å². The smallest absolute Gasteiger partial charge is 0.390 e. The van der Waals surface area contributed by atoms with Crippen LogP contribution in [-0.2, 0) is 23.9 Å². The van der Waals surface area contributed by atoms with E-state index in [1.54, 1.807) is 18.6 Å². The molecule has 0 amide bonds. The molecular formula is C25H23F3N4O2.